The normalized spacial score (nSPS) is 33.7. The molecule has 0 radical (unpaired) electrons. The molecular weight excluding hydrogens is 310 g/mol. The summed E-state index contributed by atoms with van der Waals surface area (Å²) in [5.41, 5.74) is 1.15. The molecule has 5 nitrogen and oxygen atoms in total. The van der Waals surface area contributed by atoms with Gasteiger partial charge in [-0.2, -0.15) is 16.3 Å². The average molecular weight is 331 g/mol. The van der Waals surface area contributed by atoms with Crippen LogP contribution in [0.15, 0.2) is 21.3 Å². The van der Waals surface area contributed by atoms with Gasteiger partial charge in [-0.3, -0.25) is 4.90 Å². The van der Waals surface area contributed by atoms with Crippen LogP contribution in [0.3, 0.4) is 0 Å². The van der Waals surface area contributed by atoms with E-state index < -0.39 is 0 Å². The van der Waals surface area contributed by atoms with Crippen molar-refractivity contribution in [1.29, 1.82) is 0 Å². The summed E-state index contributed by atoms with van der Waals surface area (Å²) in [5.74, 6) is 3.07. The Balaban J connectivity index is 1.29. The highest BCUT2D eigenvalue weighted by Gasteiger charge is 2.53. The smallest absolute Gasteiger partial charge is 0.241 e. The number of rotatable bonds is 3. The molecule has 2 saturated carbocycles. The molecule has 1 saturated heterocycles. The van der Waals surface area contributed by atoms with Crippen molar-refractivity contribution in [1.82, 2.24) is 15.0 Å². The van der Waals surface area contributed by atoms with E-state index in [-0.39, 0.29) is 5.60 Å². The Morgan fingerprint density at radius 1 is 1.39 bits per heavy atom. The summed E-state index contributed by atoms with van der Waals surface area (Å²) in [6.07, 6.45) is 5.37. The Kier molecular flexibility index (Phi) is 3.32. The number of hydrogen-bond donors (Lipinski definition) is 0. The fraction of sp³-hybridized carbons (Fsp3) is 0.647. The average Bonchev–Trinajstić information content (AvgIpc) is 3.32. The maximum absolute atomic E-state index is 6.29. The monoisotopic (exact) mass is 331 g/mol. The zero-order valence-electron chi connectivity index (χ0n) is 13.1. The molecule has 1 spiro atoms. The number of morpholine rings is 1. The largest absolute Gasteiger partial charge is 0.372 e. The quantitative estimate of drug-likeness (QED) is 0.864. The van der Waals surface area contributed by atoms with Gasteiger partial charge < -0.3 is 9.26 Å². The van der Waals surface area contributed by atoms with E-state index in [2.05, 4.69) is 15.0 Å². The van der Waals surface area contributed by atoms with Crippen LogP contribution in [0.5, 0.6) is 0 Å². The minimum atomic E-state index is 0.109. The molecule has 2 aliphatic carbocycles. The van der Waals surface area contributed by atoms with Gasteiger partial charge in [-0.1, -0.05) is 5.16 Å². The standard InChI is InChI=1S/C17H21N3O2S/c1-2-14-7-12(1)8-17(14)11-20(4-5-21-17)9-15-18-16(19-22-15)13-3-6-23-10-13/h3,6,10,12,14H,1-2,4-5,7-9,11H2. The predicted octanol–water partition coefficient (Wildman–Crippen LogP) is 3.19. The van der Waals surface area contributed by atoms with E-state index in [4.69, 9.17) is 9.26 Å². The van der Waals surface area contributed by atoms with E-state index in [1.165, 1.54) is 25.7 Å². The first kappa shape index (κ1) is 14.1. The molecule has 2 aromatic rings. The van der Waals surface area contributed by atoms with Crippen LogP contribution < -0.4 is 0 Å². The Labute approximate surface area is 139 Å². The van der Waals surface area contributed by atoms with Gasteiger partial charge in [-0.05, 0) is 49.0 Å². The molecule has 2 aromatic heterocycles. The van der Waals surface area contributed by atoms with Gasteiger partial charge in [-0.15, -0.1) is 0 Å². The Morgan fingerprint density at radius 2 is 2.39 bits per heavy atom. The van der Waals surface area contributed by atoms with Crippen molar-refractivity contribution in [3.63, 3.8) is 0 Å². The number of hydrogen-bond acceptors (Lipinski definition) is 6. The second kappa shape index (κ2) is 5.40. The fourth-order valence-electron chi connectivity index (χ4n) is 4.80. The van der Waals surface area contributed by atoms with Crippen LogP contribution in [0.25, 0.3) is 11.4 Å². The van der Waals surface area contributed by atoms with Gasteiger partial charge in [0.15, 0.2) is 0 Å². The molecule has 0 aromatic carbocycles. The second-order valence-electron chi connectivity index (χ2n) is 7.23. The highest BCUT2D eigenvalue weighted by Crippen LogP contribution is 2.53. The van der Waals surface area contributed by atoms with Gasteiger partial charge >= 0.3 is 0 Å². The molecule has 3 atom stereocenters. The van der Waals surface area contributed by atoms with Gasteiger partial charge in [0, 0.05) is 24.0 Å². The van der Waals surface area contributed by atoms with Gasteiger partial charge in [-0.25, -0.2) is 0 Å². The summed E-state index contributed by atoms with van der Waals surface area (Å²) < 4.78 is 11.8. The summed E-state index contributed by atoms with van der Waals surface area (Å²) >= 11 is 1.65. The van der Waals surface area contributed by atoms with Crippen LogP contribution in [0.4, 0.5) is 0 Å². The fourth-order valence-corrected chi connectivity index (χ4v) is 5.43. The van der Waals surface area contributed by atoms with Crippen molar-refractivity contribution in [2.45, 2.75) is 37.8 Å². The second-order valence-corrected chi connectivity index (χ2v) is 8.01. The zero-order valence-corrected chi connectivity index (χ0v) is 13.9. The molecular formula is C17H21N3O2S. The summed E-state index contributed by atoms with van der Waals surface area (Å²) in [7, 11) is 0. The Morgan fingerprint density at radius 3 is 3.17 bits per heavy atom. The van der Waals surface area contributed by atoms with E-state index in [0.29, 0.717) is 11.7 Å². The number of aromatic nitrogens is 2. The van der Waals surface area contributed by atoms with Crippen LogP contribution in [-0.2, 0) is 11.3 Å². The van der Waals surface area contributed by atoms with Gasteiger partial charge in [0.05, 0.1) is 18.8 Å². The molecule has 3 fully saturated rings. The predicted molar refractivity (Wildman–Crippen MR) is 87.0 cm³/mol. The lowest BCUT2D eigenvalue weighted by molar-refractivity contribution is -0.140. The van der Waals surface area contributed by atoms with Crippen molar-refractivity contribution < 1.29 is 9.26 Å². The van der Waals surface area contributed by atoms with Crippen LogP contribution >= 0.6 is 11.3 Å². The molecule has 0 N–H and O–H groups in total. The SMILES string of the molecule is c1cc(-c2noc(CN3CCOC4(CC5CCC4C5)C3)n2)cs1. The molecule has 3 heterocycles. The third kappa shape index (κ3) is 2.44. The molecule has 5 rings (SSSR count). The number of nitrogens with zero attached hydrogens (tertiary/aromatic N) is 3. The highest BCUT2D eigenvalue weighted by molar-refractivity contribution is 7.08. The summed E-state index contributed by atoms with van der Waals surface area (Å²) in [6.45, 7) is 3.54. The van der Waals surface area contributed by atoms with E-state index in [1.807, 2.05) is 16.8 Å². The number of thiophene rings is 1. The molecule has 122 valence electrons. The van der Waals surface area contributed by atoms with E-state index in [0.717, 1.165) is 43.6 Å². The van der Waals surface area contributed by atoms with Crippen LogP contribution in [0, 0.1) is 11.8 Å². The van der Waals surface area contributed by atoms with Crippen LogP contribution in [-0.4, -0.2) is 40.3 Å². The Bertz CT molecular complexity index is 686. The third-order valence-electron chi connectivity index (χ3n) is 5.81. The van der Waals surface area contributed by atoms with Gasteiger partial charge in [0.25, 0.3) is 0 Å². The topological polar surface area (TPSA) is 51.4 Å². The minimum absolute atomic E-state index is 0.109. The maximum Gasteiger partial charge on any atom is 0.241 e. The number of fused-ring (bicyclic) bond motifs is 3. The van der Waals surface area contributed by atoms with Crippen molar-refractivity contribution in [3.05, 3.63) is 22.7 Å². The van der Waals surface area contributed by atoms with Crippen LogP contribution in [0.2, 0.25) is 0 Å². The minimum Gasteiger partial charge on any atom is -0.372 e. The summed E-state index contributed by atoms with van der Waals surface area (Å²) in [4.78, 5) is 7.00. The lowest BCUT2D eigenvalue weighted by Crippen LogP contribution is -2.54. The van der Waals surface area contributed by atoms with Gasteiger partial charge in [0.2, 0.25) is 11.7 Å². The lowest BCUT2D eigenvalue weighted by Gasteiger charge is -2.45. The van der Waals surface area contributed by atoms with Crippen LogP contribution in [0.1, 0.15) is 31.6 Å². The summed E-state index contributed by atoms with van der Waals surface area (Å²) in [5, 5.41) is 8.20. The molecule has 23 heavy (non-hydrogen) atoms. The summed E-state index contributed by atoms with van der Waals surface area (Å²) in [6, 6.07) is 2.03. The third-order valence-corrected chi connectivity index (χ3v) is 6.50. The van der Waals surface area contributed by atoms with Crippen molar-refractivity contribution >= 4 is 11.3 Å². The van der Waals surface area contributed by atoms with Crippen molar-refractivity contribution in [3.8, 4) is 11.4 Å². The van der Waals surface area contributed by atoms with E-state index in [1.54, 1.807) is 11.3 Å². The maximum atomic E-state index is 6.29. The molecule has 3 unspecified atom stereocenters. The van der Waals surface area contributed by atoms with Crippen molar-refractivity contribution in [2.75, 3.05) is 19.7 Å². The van der Waals surface area contributed by atoms with Crippen molar-refractivity contribution in [2.24, 2.45) is 11.8 Å². The molecule has 0 amide bonds. The number of ether oxygens (including phenoxy) is 1. The van der Waals surface area contributed by atoms with E-state index in [9.17, 15) is 0 Å². The molecule has 3 aliphatic rings. The molecule has 1 aliphatic heterocycles. The van der Waals surface area contributed by atoms with E-state index >= 15 is 0 Å². The lowest BCUT2D eigenvalue weighted by atomic mass is 9.82. The Hall–Kier alpha value is -1.24. The molecule has 6 heteroatoms. The first-order valence-electron chi connectivity index (χ1n) is 8.52. The van der Waals surface area contributed by atoms with Gasteiger partial charge in [0.1, 0.15) is 0 Å². The highest BCUT2D eigenvalue weighted by atomic mass is 32.1. The first-order valence-corrected chi connectivity index (χ1v) is 9.46. The zero-order chi connectivity index (χ0) is 15.3. The molecule has 2 bridgehead atoms. The first-order chi connectivity index (χ1) is 11.3.